The van der Waals surface area contributed by atoms with Crippen LogP contribution in [0.5, 0.6) is 0 Å². The number of hydrogen-bond donors (Lipinski definition) is 1. The highest BCUT2D eigenvalue weighted by atomic mass is 16.5. The molecule has 0 radical (unpaired) electrons. The van der Waals surface area contributed by atoms with E-state index in [1.165, 1.54) is 0 Å². The molecule has 1 aromatic heterocycles. The molecule has 1 rings (SSSR count). The number of esters is 1. The standard InChI is InChI=1S/C15H25N3O2/c1-5-11(4)10-18(6-2)14-13(16)12(8-9-17-14)15(19)20-7-3/h8-9,11H,5-7,10,16H2,1-4H3. The zero-order chi connectivity index (χ0) is 15.1. The quantitative estimate of drug-likeness (QED) is 0.777. The molecule has 1 unspecified atom stereocenters. The van der Waals surface area contributed by atoms with Crippen LogP contribution in [0.2, 0.25) is 0 Å². The Labute approximate surface area is 121 Å². The summed E-state index contributed by atoms with van der Waals surface area (Å²) in [6, 6.07) is 1.61. The number of carbonyl (C=O) groups excluding carboxylic acids is 1. The number of nitrogens with zero attached hydrogens (tertiary/aromatic N) is 2. The van der Waals surface area contributed by atoms with Crippen LogP contribution in [-0.2, 0) is 4.74 Å². The van der Waals surface area contributed by atoms with Gasteiger partial charge in [-0.1, -0.05) is 20.3 Å². The Balaban J connectivity index is 3.05. The third-order valence-corrected chi connectivity index (χ3v) is 3.37. The van der Waals surface area contributed by atoms with Crippen LogP contribution >= 0.6 is 0 Å². The van der Waals surface area contributed by atoms with Gasteiger partial charge in [-0.2, -0.15) is 0 Å². The molecular formula is C15H25N3O2. The van der Waals surface area contributed by atoms with E-state index in [-0.39, 0.29) is 0 Å². The van der Waals surface area contributed by atoms with Crippen molar-refractivity contribution in [2.45, 2.75) is 34.1 Å². The SMILES string of the molecule is CCOC(=O)c1ccnc(N(CC)CC(C)CC)c1N. The van der Waals surface area contributed by atoms with Gasteiger partial charge in [-0.15, -0.1) is 0 Å². The fourth-order valence-electron chi connectivity index (χ4n) is 1.97. The smallest absolute Gasteiger partial charge is 0.340 e. The number of nitrogens with two attached hydrogens (primary N) is 1. The minimum absolute atomic E-state index is 0.334. The van der Waals surface area contributed by atoms with Gasteiger partial charge in [0.05, 0.1) is 17.9 Å². The summed E-state index contributed by atoms with van der Waals surface area (Å²) in [4.78, 5) is 18.3. The molecule has 0 bridgehead atoms. The van der Waals surface area contributed by atoms with E-state index in [9.17, 15) is 4.79 Å². The van der Waals surface area contributed by atoms with Gasteiger partial charge < -0.3 is 15.4 Å². The number of anilines is 2. The number of rotatable bonds is 7. The van der Waals surface area contributed by atoms with Gasteiger partial charge in [0.25, 0.3) is 0 Å². The van der Waals surface area contributed by atoms with Crippen LogP contribution in [0.25, 0.3) is 0 Å². The molecule has 0 amide bonds. The molecule has 0 aliphatic heterocycles. The summed E-state index contributed by atoms with van der Waals surface area (Å²) >= 11 is 0. The third-order valence-electron chi connectivity index (χ3n) is 3.37. The number of nitrogen functional groups attached to an aromatic ring is 1. The molecular weight excluding hydrogens is 254 g/mol. The first-order valence-electron chi connectivity index (χ1n) is 7.21. The fraction of sp³-hybridized carbons (Fsp3) is 0.600. The molecule has 1 atom stereocenters. The second-order valence-electron chi connectivity index (χ2n) is 4.87. The highest BCUT2D eigenvalue weighted by Gasteiger charge is 2.18. The first-order valence-corrected chi connectivity index (χ1v) is 7.21. The van der Waals surface area contributed by atoms with E-state index < -0.39 is 5.97 Å². The molecule has 0 aliphatic carbocycles. The van der Waals surface area contributed by atoms with Crippen molar-refractivity contribution in [3.63, 3.8) is 0 Å². The molecule has 0 saturated carbocycles. The van der Waals surface area contributed by atoms with E-state index >= 15 is 0 Å². The summed E-state index contributed by atoms with van der Waals surface area (Å²) in [6.45, 7) is 10.2. The Kier molecular flexibility index (Phi) is 6.28. The van der Waals surface area contributed by atoms with E-state index in [1.807, 2.05) is 0 Å². The van der Waals surface area contributed by atoms with Crippen molar-refractivity contribution in [1.29, 1.82) is 0 Å². The van der Waals surface area contributed by atoms with E-state index in [0.29, 0.717) is 29.6 Å². The maximum atomic E-state index is 11.9. The minimum atomic E-state index is -0.395. The highest BCUT2D eigenvalue weighted by molar-refractivity contribution is 5.97. The largest absolute Gasteiger partial charge is 0.462 e. The maximum absolute atomic E-state index is 11.9. The Morgan fingerprint density at radius 3 is 2.70 bits per heavy atom. The zero-order valence-corrected chi connectivity index (χ0v) is 12.8. The average Bonchev–Trinajstić information content (AvgIpc) is 2.45. The Morgan fingerprint density at radius 1 is 1.45 bits per heavy atom. The topological polar surface area (TPSA) is 68.5 Å². The average molecular weight is 279 g/mol. The molecule has 2 N–H and O–H groups in total. The summed E-state index contributed by atoms with van der Waals surface area (Å²) in [7, 11) is 0. The third kappa shape index (κ3) is 3.85. The number of pyridine rings is 1. The van der Waals surface area contributed by atoms with Crippen LogP contribution < -0.4 is 10.6 Å². The number of aromatic nitrogens is 1. The summed E-state index contributed by atoms with van der Waals surface area (Å²) in [5.74, 6) is 0.814. The Hall–Kier alpha value is -1.78. The van der Waals surface area contributed by atoms with Crippen molar-refractivity contribution in [3.05, 3.63) is 17.8 Å². The van der Waals surface area contributed by atoms with Gasteiger partial charge in [-0.05, 0) is 25.8 Å². The van der Waals surface area contributed by atoms with Crippen LogP contribution in [0.3, 0.4) is 0 Å². The predicted octanol–water partition coefficient (Wildman–Crippen LogP) is 2.71. The van der Waals surface area contributed by atoms with Crippen LogP contribution in [0, 0.1) is 5.92 Å². The zero-order valence-electron chi connectivity index (χ0n) is 12.8. The first kappa shape index (κ1) is 16.3. The minimum Gasteiger partial charge on any atom is -0.462 e. The summed E-state index contributed by atoms with van der Waals surface area (Å²) in [6.07, 6.45) is 2.70. The van der Waals surface area contributed by atoms with E-state index in [4.69, 9.17) is 10.5 Å². The molecule has 5 heteroatoms. The van der Waals surface area contributed by atoms with Crippen molar-refractivity contribution < 1.29 is 9.53 Å². The molecule has 1 heterocycles. The van der Waals surface area contributed by atoms with Crippen molar-refractivity contribution in [2.75, 3.05) is 30.3 Å². The summed E-state index contributed by atoms with van der Waals surface area (Å²) in [5, 5.41) is 0. The molecule has 5 nitrogen and oxygen atoms in total. The summed E-state index contributed by atoms with van der Waals surface area (Å²) in [5.41, 5.74) is 6.89. The van der Waals surface area contributed by atoms with Gasteiger partial charge in [-0.25, -0.2) is 9.78 Å². The lowest BCUT2D eigenvalue weighted by Crippen LogP contribution is -2.30. The molecule has 1 aromatic rings. The normalized spacial score (nSPS) is 12.0. The number of hydrogen-bond acceptors (Lipinski definition) is 5. The van der Waals surface area contributed by atoms with Gasteiger partial charge in [-0.3, -0.25) is 0 Å². The van der Waals surface area contributed by atoms with Crippen molar-refractivity contribution >= 4 is 17.5 Å². The number of carbonyl (C=O) groups is 1. The van der Waals surface area contributed by atoms with E-state index in [0.717, 1.165) is 19.5 Å². The first-order chi connectivity index (χ1) is 9.54. The second-order valence-corrected chi connectivity index (χ2v) is 4.87. The molecule has 0 aliphatic rings. The molecule has 0 fully saturated rings. The molecule has 0 saturated heterocycles. The Bertz CT molecular complexity index is 449. The van der Waals surface area contributed by atoms with Crippen molar-refractivity contribution in [2.24, 2.45) is 5.92 Å². The van der Waals surface area contributed by atoms with Crippen molar-refractivity contribution in [3.8, 4) is 0 Å². The maximum Gasteiger partial charge on any atom is 0.340 e. The molecule has 0 aromatic carbocycles. The van der Waals surface area contributed by atoms with E-state index in [2.05, 4.69) is 30.7 Å². The van der Waals surface area contributed by atoms with Crippen LogP contribution in [-0.4, -0.2) is 30.6 Å². The number of ether oxygens (including phenoxy) is 1. The predicted molar refractivity (Wildman–Crippen MR) is 81.9 cm³/mol. The van der Waals surface area contributed by atoms with Crippen LogP contribution in [0.15, 0.2) is 12.3 Å². The van der Waals surface area contributed by atoms with Crippen molar-refractivity contribution in [1.82, 2.24) is 4.98 Å². The lowest BCUT2D eigenvalue weighted by Gasteiger charge is -2.26. The van der Waals surface area contributed by atoms with Gasteiger partial charge >= 0.3 is 5.97 Å². The van der Waals surface area contributed by atoms with Crippen LogP contribution in [0.1, 0.15) is 44.5 Å². The van der Waals surface area contributed by atoms with E-state index in [1.54, 1.807) is 19.2 Å². The summed E-state index contributed by atoms with van der Waals surface area (Å²) < 4.78 is 5.01. The molecule has 0 spiro atoms. The lowest BCUT2D eigenvalue weighted by atomic mass is 10.1. The monoisotopic (exact) mass is 279 g/mol. The fourth-order valence-corrected chi connectivity index (χ4v) is 1.97. The van der Waals surface area contributed by atoms with Gasteiger partial charge in [0.15, 0.2) is 5.82 Å². The van der Waals surface area contributed by atoms with Crippen LogP contribution in [0.4, 0.5) is 11.5 Å². The lowest BCUT2D eigenvalue weighted by molar-refractivity contribution is 0.0527. The molecule has 112 valence electrons. The molecule has 20 heavy (non-hydrogen) atoms. The van der Waals surface area contributed by atoms with Gasteiger partial charge in [0, 0.05) is 19.3 Å². The highest BCUT2D eigenvalue weighted by Crippen LogP contribution is 2.25. The van der Waals surface area contributed by atoms with Gasteiger partial charge in [0.1, 0.15) is 0 Å². The Morgan fingerprint density at radius 2 is 2.15 bits per heavy atom. The second kappa shape index (κ2) is 7.72. The van der Waals surface area contributed by atoms with Gasteiger partial charge in [0.2, 0.25) is 0 Å².